The van der Waals surface area contributed by atoms with Crippen molar-refractivity contribution in [3.05, 3.63) is 17.7 Å². The highest BCUT2D eigenvalue weighted by Gasteiger charge is 2.31. The first-order chi connectivity index (χ1) is 7.45. The van der Waals surface area contributed by atoms with E-state index in [0.29, 0.717) is 12.5 Å². The first kappa shape index (κ1) is 11.0. The molecule has 0 radical (unpaired) electrons. The summed E-state index contributed by atoms with van der Waals surface area (Å²) in [7, 11) is 0. The predicted molar refractivity (Wildman–Crippen MR) is 54.9 cm³/mol. The van der Waals surface area contributed by atoms with Gasteiger partial charge in [-0.1, -0.05) is 0 Å². The number of nitrogens with two attached hydrogens (primary N) is 1. The summed E-state index contributed by atoms with van der Waals surface area (Å²) >= 11 is 0. The molecule has 1 aromatic heterocycles. The number of aromatic nitrogens is 1. The molecule has 1 heterocycles. The third-order valence-electron chi connectivity index (χ3n) is 2.44. The van der Waals surface area contributed by atoms with E-state index in [1.807, 2.05) is 0 Å². The van der Waals surface area contributed by atoms with Gasteiger partial charge in [-0.2, -0.15) is 13.2 Å². The monoisotopic (exact) mass is 231 g/mol. The molecule has 3 N–H and O–H groups in total. The van der Waals surface area contributed by atoms with E-state index in [1.165, 1.54) is 0 Å². The second kappa shape index (κ2) is 3.84. The molecule has 0 bridgehead atoms. The number of rotatable bonds is 3. The summed E-state index contributed by atoms with van der Waals surface area (Å²) in [6, 6.07) is 1.82. The lowest BCUT2D eigenvalue weighted by Crippen LogP contribution is -2.11. The van der Waals surface area contributed by atoms with Crippen molar-refractivity contribution in [3.8, 4) is 0 Å². The maximum Gasteiger partial charge on any atom is 0.416 e. The molecule has 0 amide bonds. The molecule has 0 aromatic carbocycles. The van der Waals surface area contributed by atoms with Gasteiger partial charge in [0.25, 0.3) is 0 Å². The Morgan fingerprint density at radius 1 is 1.38 bits per heavy atom. The molecule has 3 nitrogen and oxygen atoms in total. The minimum absolute atomic E-state index is 0.117. The highest BCUT2D eigenvalue weighted by atomic mass is 19.4. The quantitative estimate of drug-likeness (QED) is 0.840. The molecule has 1 aromatic rings. The summed E-state index contributed by atoms with van der Waals surface area (Å²) in [6.07, 6.45) is -2.13. The number of nitrogens with one attached hydrogen (secondary N) is 1. The molecule has 1 fully saturated rings. The molecular weight excluding hydrogens is 219 g/mol. The normalized spacial score (nSPS) is 16.2. The number of nitrogen functional groups attached to an aromatic ring is 1. The average Bonchev–Trinajstić information content (AvgIpc) is 2.96. The second-order valence-electron chi connectivity index (χ2n) is 3.99. The van der Waals surface area contributed by atoms with E-state index in [2.05, 4.69) is 10.3 Å². The van der Waals surface area contributed by atoms with Crippen molar-refractivity contribution in [2.45, 2.75) is 19.0 Å². The zero-order valence-corrected chi connectivity index (χ0v) is 8.51. The minimum Gasteiger partial charge on any atom is -0.384 e. The lowest BCUT2D eigenvalue weighted by Gasteiger charge is -2.10. The first-order valence-electron chi connectivity index (χ1n) is 5.04. The van der Waals surface area contributed by atoms with Gasteiger partial charge in [0.2, 0.25) is 0 Å². The summed E-state index contributed by atoms with van der Waals surface area (Å²) in [6.45, 7) is 0.660. The number of hydrogen-bond acceptors (Lipinski definition) is 3. The summed E-state index contributed by atoms with van der Waals surface area (Å²) in [5.41, 5.74) is 4.56. The summed E-state index contributed by atoms with van der Waals surface area (Å²) < 4.78 is 37.3. The van der Waals surface area contributed by atoms with Gasteiger partial charge in [-0.3, -0.25) is 0 Å². The molecule has 1 aliphatic rings. The molecule has 1 aliphatic carbocycles. The van der Waals surface area contributed by atoms with E-state index >= 15 is 0 Å². The van der Waals surface area contributed by atoms with Gasteiger partial charge >= 0.3 is 6.18 Å². The Labute approximate surface area is 90.9 Å². The van der Waals surface area contributed by atoms with Gasteiger partial charge < -0.3 is 11.1 Å². The Kier molecular flexibility index (Phi) is 2.65. The standard InChI is InChI=1S/C10H12F3N3/c11-10(12,13)7-3-8(14)16-9(4-7)15-5-6-1-2-6/h3-4,6H,1-2,5H2,(H3,14,15,16). The van der Waals surface area contributed by atoms with Crippen molar-refractivity contribution in [3.63, 3.8) is 0 Å². The Bertz CT molecular complexity index is 385. The van der Waals surface area contributed by atoms with Gasteiger partial charge in [-0.15, -0.1) is 0 Å². The molecule has 2 rings (SSSR count). The average molecular weight is 231 g/mol. The SMILES string of the molecule is Nc1cc(C(F)(F)F)cc(NCC2CC2)n1. The maximum absolute atomic E-state index is 12.4. The van der Waals surface area contributed by atoms with Crippen LogP contribution >= 0.6 is 0 Å². The van der Waals surface area contributed by atoms with Crippen LogP contribution in [0.1, 0.15) is 18.4 Å². The van der Waals surface area contributed by atoms with Gasteiger partial charge in [-0.25, -0.2) is 4.98 Å². The van der Waals surface area contributed by atoms with Crippen molar-refractivity contribution in [2.75, 3.05) is 17.6 Å². The van der Waals surface area contributed by atoms with Crippen LogP contribution in [0.3, 0.4) is 0 Å². The van der Waals surface area contributed by atoms with Gasteiger partial charge in [0.1, 0.15) is 11.6 Å². The second-order valence-corrected chi connectivity index (χ2v) is 3.99. The maximum atomic E-state index is 12.4. The molecule has 0 spiro atoms. The lowest BCUT2D eigenvalue weighted by atomic mass is 10.2. The van der Waals surface area contributed by atoms with Gasteiger partial charge in [-0.05, 0) is 30.9 Å². The predicted octanol–water partition coefficient (Wildman–Crippen LogP) is 2.50. The summed E-state index contributed by atoms with van der Waals surface area (Å²) in [5, 5.41) is 2.87. The van der Waals surface area contributed by atoms with Crippen LogP contribution in [0.5, 0.6) is 0 Å². The van der Waals surface area contributed by atoms with Crippen molar-refractivity contribution < 1.29 is 13.2 Å². The van der Waals surface area contributed by atoms with Crippen molar-refractivity contribution in [1.29, 1.82) is 0 Å². The number of pyridine rings is 1. The third kappa shape index (κ3) is 2.77. The fourth-order valence-corrected chi connectivity index (χ4v) is 1.38. The van der Waals surface area contributed by atoms with Crippen LogP contribution in [-0.4, -0.2) is 11.5 Å². The fourth-order valence-electron chi connectivity index (χ4n) is 1.38. The highest BCUT2D eigenvalue weighted by molar-refractivity contribution is 5.47. The number of hydrogen-bond donors (Lipinski definition) is 2. The molecule has 88 valence electrons. The molecule has 0 aliphatic heterocycles. The van der Waals surface area contributed by atoms with E-state index in [0.717, 1.165) is 25.0 Å². The van der Waals surface area contributed by atoms with E-state index < -0.39 is 11.7 Å². The number of halogens is 3. The Balaban J connectivity index is 2.14. The van der Waals surface area contributed by atoms with E-state index in [9.17, 15) is 13.2 Å². The number of alkyl halides is 3. The topological polar surface area (TPSA) is 50.9 Å². The molecule has 1 saturated carbocycles. The van der Waals surface area contributed by atoms with Crippen LogP contribution in [0.2, 0.25) is 0 Å². The van der Waals surface area contributed by atoms with Gasteiger partial charge in [0, 0.05) is 6.54 Å². The highest BCUT2D eigenvalue weighted by Crippen LogP contribution is 2.32. The Morgan fingerprint density at radius 2 is 2.06 bits per heavy atom. The number of nitrogens with zero attached hydrogens (tertiary/aromatic N) is 1. The van der Waals surface area contributed by atoms with Crippen molar-refractivity contribution in [1.82, 2.24) is 4.98 Å². The third-order valence-corrected chi connectivity index (χ3v) is 2.44. The zero-order chi connectivity index (χ0) is 11.8. The molecule has 6 heteroatoms. The van der Waals surface area contributed by atoms with E-state index in [4.69, 9.17) is 5.73 Å². The fraction of sp³-hybridized carbons (Fsp3) is 0.500. The minimum atomic E-state index is -4.38. The number of anilines is 2. The lowest BCUT2D eigenvalue weighted by molar-refractivity contribution is -0.137. The van der Waals surface area contributed by atoms with Gasteiger partial charge in [0.05, 0.1) is 5.56 Å². The van der Waals surface area contributed by atoms with Crippen LogP contribution in [0, 0.1) is 5.92 Å². The van der Waals surface area contributed by atoms with Crippen LogP contribution in [0.15, 0.2) is 12.1 Å². The van der Waals surface area contributed by atoms with Gasteiger partial charge in [0.15, 0.2) is 0 Å². The molecule has 0 saturated heterocycles. The largest absolute Gasteiger partial charge is 0.416 e. The smallest absolute Gasteiger partial charge is 0.384 e. The van der Waals surface area contributed by atoms with Crippen LogP contribution in [0.4, 0.5) is 24.8 Å². The molecule has 0 unspecified atom stereocenters. The summed E-state index contributed by atoms with van der Waals surface area (Å²) in [5.74, 6) is 0.643. The van der Waals surface area contributed by atoms with Crippen molar-refractivity contribution >= 4 is 11.6 Å². The summed E-state index contributed by atoms with van der Waals surface area (Å²) in [4.78, 5) is 3.81. The van der Waals surface area contributed by atoms with Crippen LogP contribution in [0.25, 0.3) is 0 Å². The van der Waals surface area contributed by atoms with E-state index in [-0.39, 0.29) is 11.6 Å². The van der Waals surface area contributed by atoms with Crippen LogP contribution < -0.4 is 11.1 Å². The molecular formula is C10H12F3N3. The first-order valence-corrected chi connectivity index (χ1v) is 5.04. The van der Waals surface area contributed by atoms with E-state index in [1.54, 1.807) is 0 Å². The van der Waals surface area contributed by atoms with Crippen LogP contribution in [-0.2, 0) is 6.18 Å². The zero-order valence-electron chi connectivity index (χ0n) is 8.51. The molecule has 16 heavy (non-hydrogen) atoms. The van der Waals surface area contributed by atoms with Crippen molar-refractivity contribution in [2.24, 2.45) is 5.92 Å². The Morgan fingerprint density at radius 3 is 2.62 bits per heavy atom. The Hall–Kier alpha value is -1.46. The molecule has 0 atom stereocenters.